The molecule has 2 nitrogen and oxygen atoms in total. The molecule has 0 unspecified atom stereocenters. The molecule has 0 bridgehead atoms. The van der Waals surface area contributed by atoms with Crippen LogP contribution in [0.25, 0.3) is 0 Å². The van der Waals surface area contributed by atoms with Gasteiger partial charge in [-0.25, -0.2) is 4.39 Å². The van der Waals surface area contributed by atoms with Crippen molar-refractivity contribution < 1.29 is 4.39 Å². The van der Waals surface area contributed by atoms with Crippen molar-refractivity contribution in [2.45, 2.75) is 24.8 Å². The number of nitrogens with zero attached hydrogens (tertiary/aromatic N) is 1. The molecule has 1 aromatic rings. The minimum Gasteiger partial charge on any atom is -0.321 e. The molecule has 1 aliphatic rings. The molecule has 1 aliphatic carbocycles. The first-order valence-electron chi connectivity index (χ1n) is 4.11. The quantitative estimate of drug-likeness (QED) is 0.687. The van der Waals surface area contributed by atoms with E-state index in [1.807, 2.05) is 0 Å². The fraction of sp³-hybridized carbons (Fsp3) is 0.444. The lowest BCUT2D eigenvalue weighted by Gasteiger charge is -2.38. The van der Waals surface area contributed by atoms with Gasteiger partial charge < -0.3 is 5.73 Å². The van der Waals surface area contributed by atoms with Crippen LogP contribution >= 0.6 is 0 Å². The summed E-state index contributed by atoms with van der Waals surface area (Å²) in [6, 6.07) is 1.36. The second-order valence-electron chi connectivity index (χ2n) is 3.37. The fourth-order valence-corrected chi connectivity index (χ4v) is 1.57. The van der Waals surface area contributed by atoms with Crippen LogP contribution in [0, 0.1) is 5.82 Å². The number of hydrogen-bond donors (Lipinski definition) is 1. The van der Waals surface area contributed by atoms with E-state index in [1.54, 1.807) is 0 Å². The molecule has 3 heteroatoms. The zero-order valence-electron chi connectivity index (χ0n) is 6.76. The predicted molar refractivity (Wildman–Crippen MR) is 43.9 cm³/mol. The van der Waals surface area contributed by atoms with Gasteiger partial charge in [0.25, 0.3) is 0 Å². The molecule has 1 fully saturated rings. The molecule has 0 saturated heterocycles. The van der Waals surface area contributed by atoms with Crippen molar-refractivity contribution in [1.82, 2.24) is 4.98 Å². The molecule has 12 heavy (non-hydrogen) atoms. The van der Waals surface area contributed by atoms with E-state index in [4.69, 9.17) is 5.73 Å². The third-order valence-corrected chi connectivity index (χ3v) is 2.55. The SMILES string of the molecule is NC1(c2cnccc2F)CCC1. The highest BCUT2D eigenvalue weighted by Gasteiger charge is 2.36. The normalized spacial score (nSPS) is 20.2. The van der Waals surface area contributed by atoms with Crippen LogP contribution in [0.5, 0.6) is 0 Å². The van der Waals surface area contributed by atoms with Gasteiger partial charge in [-0.1, -0.05) is 0 Å². The maximum atomic E-state index is 13.2. The van der Waals surface area contributed by atoms with Gasteiger partial charge in [0.05, 0.1) is 0 Å². The predicted octanol–water partition coefficient (Wildman–Crippen LogP) is 1.56. The summed E-state index contributed by atoms with van der Waals surface area (Å²) < 4.78 is 13.2. The van der Waals surface area contributed by atoms with Crippen molar-refractivity contribution in [2.75, 3.05) is 0 Å². The minimum absolute atomic E-state index is 0.229. The standard InChI is InChI=1S/C9H11FN2/c10-8-2-5-12-6-7(8)9(11)3-1-4-9/h2,5-6H,1,3-4,11H2. The van der Waals surface area contributed by atoms with Gasteiger partial charge in [0.15, 0.2) is 0 Å². The van der Waals surface area contributed by atoms with Crippen LogP contribution in [0.15, 0.2) is 18.5 Å². The Morgan fingerprint density at radius 2 is 2.25 bits per heavy atom. The summed E-state index contributed by atoms with van der Waals surface area (Å²) in [5, 5.41) is 0. The lowest BCUT2D eigenvalue weighted by atomic mass is 9.73. The summed E-state index contributed by atoms with van der Waals surface area (Å²) in [4.78, 5) is 3.87. The first-order chi connectivity index (χ1) is 5.72. The molecule has 1 saturated carbocycles. The summed E-state index contributed by atoms with van der Waals surface area (Å²) >= 11 is 0. The molecule has 1 aromatic heterocycles. The second-order valence-corrected chi connectivity index (χ2v) is 3.37. The van der Waals surface area contributed by atoms with Crippen molar-refractivity contribution in [1.29, 1.82) is 0 Å². The molecule has 0 amide bonds. The van der Waals surface area contributed by atoms with Crippen LogP contribution in [-0.4, -0.2) is 4.98 Å². The lowest BCUT2D eigenvalue weighted by molar-refractivity contribution is 0.244. The van der Waals surface area contributed by atoms with E-state index in [1.165, 1.54) is 18.5 Å². The van der Waals surface area contributed by atoms with Gasteiger partial charge in [-0.2, -0.15) is 0 Å². The van der Waals surface area contributed by atoms with Crippen molar-refractivity contribution in [3.63, 3.8) is 0 Å². The van der Waals surface area contributed by atoms with Gasteiger partial charge in [-0.3, -0.25) is 4.98 Å². The summed E-state index contributed by atoms with van der Waals surface area (Å²) in [6.07, 6.45) is 5.81. The number of halogens is 1. The Labute approximate surface area is 70.6 Å². The number of hydrogen-bond acceptors (Lipinski definition) is 2. The monoisotopic (exact) mass is 166 g/mol. The van der Waals surface area contributed by atoms with E-state index in [-0.39, 0.29) is 5.82 Å². The molecule has 0 aromatic carbocycles. The van der Waals surface area contributed by atoms with Crippen LogP contribution in [0.1, 0.15) is 24.8 Å². The first kappa shape index (κ1) is 7.68. The molecule has 0 atom stereocenters. The van der Waals surface area contributed by atoms with Crippen LogP contribution in [0.3, 0.4) is 0 Å². The second kappa shape index (κ2) is 2.52. The van der Waals surface area contributed by atoms with Crippen LogP contribution in [-0.2, 0) is 5.54 Å². The molecule has 2 rings (SSSR count). The van der Waals surface area contributed by atoms with Gasteiger partial charge in [0, 0.05) is 23.5 Å². The Kier molecular flexibility index (Phi) is 1.61. The Balaban J connectivity index is 2.39. The molecule has 64 valence electrons. The van der Waals surface area contributed by atoms with Gasteiger partial charge in [-0.05, 0) is 25.3 Å². The number of pyridine rings is 1. The minimum atomic E-state index is -0.432. The summed E-state index contributed by atoms with van der Waals surface area (Å²) in [6.45, 7) is 0. The third-order valence-electron chi connectivity index (χ3n) is 2.55. The van der Waals surface area contributed by atoms with E-state index >= 15 is 0 Å². The van der Waals surface area contributed by atoms with E-state index in [9.17, 15) is 4.39 Å². The molecule has 0 spiro atoms. The van der Waals surface area contributed by atoms with Crippen molar-refractivity contribution in [3.05, 3.63) is 29.8 Å². The highest BCUT2D eigenvalue weighted by Crippen LogP contribution is 2.39. The average Bonchev–Trinajstić information content (AvgIpc) is 2.01. The Bertz CT molecular complexity index is 294. The highest BCUT2D eigenvalue weighted by atomic mass is 19.1. The third kappa shape index (κ3) is 1.01. The van der Waals surface area contributed by atoms with Crippen molar-refractivity contribution >= 4 is 0 Å². The number of aromatic nitrogens is 1. The molecular weight excluding hydrogens is 155 g/mol. The van der Waals surface area contributed by atoms with E-state index in [0.717, 1.165) is 19.3 Å². The number of nitrogens with two attached hydrogens (primary N) is 1. The van der Waals surface area contributed by atoms with Crippen LogP contribution in [0.4, 0.5) is 4.39 Å². The van der Waals surface area contributed by atoms with Gasteiger partial charge in [-0.15, -0.1) is 0 Å². The molecule has 2 N–H and O–H groups in total. The molecule has 1 heterocycles. The van der Waals surface area contributed by atoms with Gasteiger partial charge in [0.2, 0.25) is 0 Å². The van der Waals surface area contributed by atoms with Crippen molar-refractivity contribution in [2.24, 2.45) is 5.73 Å². The Hall–Kier alpha value is -0.960. The van der Waals surface area contributed by atoms with Crippen molar-refractivity contribution in [3.8, 4) is 0 Å². The average molecular weight is 166 g/mol. The van der Waals surface area contributed by atoms with E-state index in [0.29, 0.717) is 5.56 Å². The van der Waals surface area contributed by atoms with Gasteiger partial charge >= 0.3 is 0 Å². The summed E-state index contributed by atoms with van der Waals surface area (Å²) in [7, 11) is 0. The largest absolute Gasteiger partial charge is 0.321 e. The Morgan fingerprint density at radius 3 is 2.75 bits per heavy atom. The van der Waals surface area contributed by atoms with E-state index < -0.39 is 5.54 Å². The lowest BCUT2D eigenvalue weighted by Crippen LogP contribution is -2.44. The maximum Gasteiger partial charge on any atom is 0.131 e. The smallest absolute Gasteiger partial charge is 0.131 e. The zero-order chi connectivity index (χ0) is 8.60. The van der Waals surface area contributed by atoms with Crippen LogP contribution in [0.2, 0.25) is 0 Å². The molecular formula is C9H11FN2. The summed E-state index contributed by atoms with van der Waals surface area (Å²) in [5.74, 6) is -0.229. The zero-order valence-corrected chi connectivity index (χ0v) is 6.76. The highest BCUT2D eigenvalue weighted by molar-refractivity contribution is 5.24. The molecule has 0 aliphatic heterocycles. The van der Waals surface area contributed by atoms with E-state index in [2.05, 4.69) is 4.98 Å². The fourth-order valence-electron chi connectivity index (χ4n) is 1.57. The van der Waals surface area contributed by atoms with Gasteiger partial charge in [0.1, 0.15) is 5.82 Å². The number of rotatable bonds is 1. The summed E-state index contributed by atoms with van der Waals surface area (Å²) in [5.41, 5.74) is 6.08. The first-order valence-corrected chi connectivity index (χ1v) is 4.11. The topological polar surface area (TPSA) is 38.9 Å². The maximum absolute atomic E-state index is 13.2. The van der Waals surface area contributed by atoms with Crippen LogP contribution < -0.4 is 5.73 Å². The Morgan fingerprint density at radius 1 is 1.50 bits per heavy atom. The molecule has 0 radical (unpaired) electrons.